The number of amides is 2. The molecule has 1 aliphatic carbocycles. The van der Waals surface area contributed by atoms with E-state index in [-0.39, 0.29) is 11.8 Å². The number of thiophene rings is 1. The topological polar surface area (TPSA) is 84.2 Å². The molecule has 4 N–H and O–H groups in total. The summed E-state index contributed by atoms with van der Waals surface area (Å²) in [6.45, 7) is 2.92. The molecule has 0 spiro atoms. The molecule has 0 aliphatic heterocycles. The van der Waals surface area contributed by atoms with Crippen molar-refractivity contribution < 1.29 is 9.59 Å². The zero-order chi connectivity index (χ0) is 15.2. The number of anilines is 1. The van der Waals surface area contributed by atoms with Gasteiger partial charge in [0.1, 0.15) is 5.00 Å². The van der Waals surface area contributed by atoms with Crippen molar-refractivity contribution >= 4 is 28.2 Å². The maximum Gasteiger partial charge on any atom is 0.254 e. The van der Waals surface area contributed by atoms with Gasteiger partial charge in [-0.25, -0.2) is 0 Å². The van der Waals surface area contributed by atoms with Crippen molar-refractivity contribution in [3.8, 4) is 0 Å². The quantitative estimate of drug-likeness (QED) is 0.721. The SMILES string of the molecule is CCCCC(=O)Nc1sc2c(c1C(=O)NCCN)CCC2. The molecule has 0 bridgehead atoms. The summed E-state index contributed by atoms with van der Waals surface area (Å²) in [7, 11) is 0. The Morgan fingerprint density at radius 1 is 1.33 bits per heavy atom. The molecule has 2 amide bonds. The summed E-state index contributed by atoms with van der Waals surface area (Å²) in [5, 5.41) is 6.44. The first kappa shape index (κ1) is 16.0. The van der Waals surface area contributed by atoms with Gasteiger partial charge in [0.15, 0.2) is 0 Å². The van der Waals surface area contributed by atoms with Crippen LogP contribution in [0.15, 0.2) is 0 Å². The van der Waals surface area contributed by atoms with Crippen LogP contribution in [0, 0.1) is 0 Å². The minimum atomic E-state index is -0.120. The summed E-state index contributed by atoms with van der Waals surface area (Å²) in [4.78, 5) is 25.5. The van der Waals surface area contributed by atoms with E-state index in [9.17, 15) is 9.59 Å². The smallest absolute Gasteiger partial charge is 0.254 e. The van der Waals surface area contributed by atoms with E-state index in [0.717, 1.165) is 37.7 Å². The van der Waals surface area contributed by atoms with Gasteiger partial charge < -0.3 is 16.4 Å². The Balaban J connectivity index is 2.16. The number of hydrogen-bond acceptors (Lipinski definition) is 4. The summed E-state index contributed by atoms with van der Waals surface area (Å²) in [6, 6.07) is 0. The molecular formula is C15H23N3O2S. The number of aryl methyl sites for hydroxylation is 1. The van der Waals surface area contributed by atoms with Gasteiger partial charge in [-0.15, -0.1) is 11.3 Å². The van der Waals surface area contributed by atoms with Crippen molar-refractivity contribution in [2.24, 2.45) is 5.73 Å². The van der Waals surface area contributed by atoms with Gasteiger partial charge in [0.25, 0.3) is 5.91 Å². The number of unbranched alkanes of at least 4 members (excludes halogenated alkanes) is 1. The second kappa shape index (κ2) is 7.56. The number of carbonyl (C=O) groups is 2. The van der Waals surface area contributed by atoms with Gasteiger partial charge in [-0.3, -0.25) is 9.59 Å². The van der Waals surface area contributed by atoms with Gasteiger partial charge in [-0.2, -0.15) is 0 Å². The van der Waals surface area contributed by atoms with Crippen LogP contribution in [0.2, 0.25) is 0 Å². The van der Waals surface area contributed by atoms with Crippen LogP contribution >= 0.6 is 11.3 Å². The summed E-state index contributed by atoms with van der Waals surface area (Å²) in [5.41, 5.74) is 7.20. The first-order valence-electron chi connectivity index (χ1n) is 7.60. The molecular weight excluding hydrogens is 286 g/mol. The van der Waals surface area contributed by atoms with E-state index in [1.807, 2.05) is 0 Å². The van der Waals surface area contributed by atoms with Crippen molar-refractivity contribution in [2.45, 2.75) is 45.4 Å². The molecule has 0 saturated carbocycles. The first-order chi connectivity index (χ1) is 10.2. The Bertz CT molecular complexity index is 525. The lowest BCUT2D eigenvalue weighted by Gasteiger charge is -2.08. The molecule has 5 nitrogen and oxygen atoms in total. The molecule has 1 heterocycles. The average molecular weight is 309 g/mol. The van der Waals surface area contributed by atoms with Gasteiger partial charge in [-0.05, 0) is 31.2 Å². The van der Waals surface area contributed by atoms with Crippen LogP contribution in [0.4, 0.5) is 5.00 Å². The third-order valence-corrected chi connectivity index (χ3v) is 4.80. The second-order valence-electron chi connectivity index (χ2n) is 5.26. The van der Waals surface area contributed by atoms with E-state index < -0.39 is 0 Å². The highest BCUT2D eigenvalue weighted by atomic mass is 32.1. The Hall–Kier alpha value is -1.40. The Morgan fingerprint density at radius 3 is 2.86 bits per heavy atom. The van der Waals surface area contributed by atoms with E-state index in [2.05, 4.69) is 17.6 Å². The van der Waals surface area contributed by atoms with Gasteiger partial charge in [0, 0.05) is 24.4 Å². The number of fused-ring (bicyclic) bond motifs is 1. The molecule has 6 heteroatoms. The van der Waals surface area contributed by atoms with Gasteiger partial charge in [-0.1, -0.05) is 13.3 Å². The van der Waals surface area contributed by atoms with Crippen LogP contribution < -0.4 is 16.4 Å². The predicted octanol–water partition coefficient (Wildman–Crippen LogP) is 2.05. The summed E-state index contributed by atoms with van der Waals surface area (Å²) < 4.78 is 0. The lowest BCUT2D eigenvalue weighted by molar-refractivity contribution is -0.116. The average Bonchev–Trinajstić information content (AvgIpc) is 3.02. The first-order valence-corrected chi connectivity index (χ1v) is 8.41. The molecule has 0 atom stereocenters. The predicted molar refractivity (Wildman–Crippen MR) is 85.9 cm³/mol. The van der Waals surface area contributed by atoms with Crippen molar-refractivity contribution in [2.75, 3.05) is 18.4 Å². The highest BCUT2D eigenvalue weighted by Gasteiger charge is 2.27. The second-order valence-corrected chi connectivity index (χ2v) is 6.36. The van der Waals surface area contributed by atoms with Gasteiger partial charge in [0.2, 0.25) is 5.91 Å². The van der Waals surface area contributed by atoms with Crippen molar-refractivity contribution in [1.82, 2.24) is 5.32 Å². The normalized spacial score (nSPS) is 13.0. The highest BCUT2D eigenvalue weighted by molar-refractivity contribution is 7.17. The third-order valence-electron chi connectivity index (χ3n) is 3.59. The Morgan fingerprint density at radius 2 is 2.14 bits per heavy atom. The fourth-order valence-corrected chi connectivity index (χ4v) is 3.84. The minimum absolute atomic E-state index is 0.00958. The molecule has 0 saturated heterocycles. The summed E-state index contributed by atoms with van der Waals surface area (Å²) in [6.07, 6.45) is 5.36. The van der Waals surface area contributed by atoms with E-state index in [1.54, 1.807) is 11.3 Å². The van der Waals surface area contributed by atoms with E-state index in [4.69, 9.17) is 5.73 Å². The van der Waals surface area contributed by atoms with Crippen LogP contribution in [0.25, 0.3) is 0 Å². The number of rotatable bonds is 7. The summed E-state index contributed by atoms with van der Waals surface area (Å²) >= 11 is 1.55. The standard InChI is InChI=1S/C15H23N3O2S/c1-2-3-7-12(19)18-15-13(14(20)17-9-8-16)10-5-4-6-11(10)21-15/h2-9,16H2,1H3,(H,17,20)(H,18,19). The Labute approximate surface area is 129 Å². The monoisotopic (exact) mass is 309 g/mol. The van der Waals surface area contributed by atoms with E-state index >= 15 is 0 Å². The molecule has 1 aliphatic rings. The molecule has 0 radical (unpaired) electrons. The van der Waals surface area contributed by atoms with Crippen LogP contribution in [0.3, 0.4) is 0 Å². The zero-order valence-electron chi connectivity index (χ0n) is 12.5. The molecule has 116 valence electrons. The fourth-order valence-electron chi connectivity index (χ4n) is 2.53. The third kappa shape index (κ3) is 3.83. The Kier molecular flexibility index (Phi) is 5.76. The van der Waals surface area contributed by atoms with Crippen LogP contribution in [-0.2, 0) is 17.6 Å². The zero-order valence-corrected chi connectivity index (χ0v) is 13.3. The van der Waals surface area contributed by atoms with Crippen molar-refractivity contribution in [1.29, 1.82) is 0 Å². The molecule has 0 unspecified atom stereocenters. The highest BCUT2D eigenvalue weighted by Crippen LogP contribution is 2.39. The maximum atomic E-state index is 12.3. The lowest BCUT2D eigenvalue weighted by atomic mass is 10.1. The fraction of sp³-hybridized carbons (Fsp3) is 0.600. The number of carbonyl (C=O) groups excluding carboxylic acids is 2. The number of nitrogens with one attached hydrogen (secondary N) is 2. The summed E-state index contributed by atoms with van der Waals surface area (Å²) in [5.74, 6) is -0.129. The molecule has 1 aromatic heterocycles. The molecule has 2 rings (SSSR count). The molecule has 0 fully saturated rings. The van der Waals surface area contributed by atoms with Crippen molar-refractivity contribution in [3.05, 3.63) is 16.0 Å². The van der Waals surface area contributed by atoms with Crippen LogP contribution in [-0.4, -0.2) is 24.9 Å². The largest absolute Gasteiger partial charge is 0.351 e. The van der Waals surface area contributed by atoms with E-state index in [0.29, 0.717) is 30.1 Å². The van der Waals surface area contributed by atoms with Crippen molar-refractivity contribution in [3.63, 3.8) is 0 Å². The van der Waals surface area contributed by atoms with Crippen LogP contribution in [0.1, 0.15) is 53.4 Å². The van der Waals surface area contributed by atoms with Gasteiger partial charge >= 0.3 is 0 Å². The molecule has 21 heavy (non-hydrogen) atoms. The number of nitrogens with two attached hydrogens (primary N) is 1. The molecule has 0 aromatic carbocycles. The van der Waals surface area contributed by atoms with Gasteiger partial charge in [0.05, 0.1) is 5.56 Å². The number of hydrogen-bond donors (Lipinski definition) is 3. The van der Waals surface area contributed by atoms with E-state index in [1.165, 1.54) is 4.88 Å². The maximum absolute atomic E-state index is 12.3. The minimum Gasteiger partial charge on any atom is -0.351 e. The lowest BCUT2D eigenvalue weighted by Crippen LogP contribution is -2.30. The van der Waals surface area contributed by atoms with Crippen LogP contribution in [0.5, 0.6) is 0 Å². The molecule has 1 aromatic rings.